The molecule has 0 bridgehead atoms. The smallest absolute Gasteiger partial charge is 0.341 e. The molecule has 0 saturated heterocycles. The molecule has 1 aromatic carbocycles. The maximum atomic E-state index is 11.7. The molecule has 0 saturated carbocycles. The number of aromatic nitrogens is 5. The minimum Gasteiger partial charge on any atom is -0.494 e. The fourth-order valence-electron chi connectivity index (χ4n) is 2.80. The Hall–Kier alpha value is -4.54. The van der Waals surface area contributed by atoms with Crippen molar-refractivity contribution in [1.82, 2.24) is 25.1 Å². The Labute approximate surface area is 176 Å². The van der Waals surface area contributed by atoms with Crippen molar-refractivity contribution in [2.45, 2.75) is 6.92 Å². The average molecular weight is 419 g/mol. The number of para-hydroxylation sites is 1. The highest BCUT2D eigenvalue weighted by molar-refractivity contribution is 5.94. The molecular formula is C20H17N7O4. The lowest BCUT2D eigenvalue weighted by Gasteiger charge is -2.15. The van der Waals surface area contributed by atoms with E-state index in [4.69, 9.17) is 9.15 Å². The second kappa shape index (κ2) is 8.45. The van der Waals surface area contributed by atoms with E-state index in [-0.39, 0.29) is 23.2 Å². The number of methoxy groups -OCH3 is 1. The lowest BCUT2D eigenvalue weighted by atomic mass is 10.1. The molecule has 3 heterocycles. The first-order chi connectivity index (χ1) is 15.0. The van der Waals surface area contributed by atoms with E-state index in [0.717, 1.165) is 0 Å². The Bertz CT molecular complexity index is 1230. The van der Waals surface area contributed by atoms with E-state index in [1.54, 1.807) is 49.5 Å². The molecule has 0 unspecified atom stereocenters. The van der Waals surface area contributed by atoms with Crippen LogP contribution in [-0.4, -0.2) is 43.3 Å². The van der Waals surface area contributed by atoms with Crippen LogP contribution in [0.4, 0.5) is 23.3 Å². The number of benzene rings is 1. The standard InChI is InChI=1S/C20H17N7O4/c1-11-26-27-18(31-11)12-6-5-7-14(16(12)30-2)23-17-13(19(28)29)10-22-20(25-17)24-15-8-3-4-9-21-15/h3-10H,1-2H3,(H,28,29)(H2,21,22,23,24,25). The number of carboxylic acids is 1. The Kier molecular flexibility index (Phi) is 5.39. The summed E-state index contributed by atoms with van der Waals surface area (Å²) in [5, 5.41) is 23.4. The predicted molar refractivity (Wildman–Crippen MR) is 111 cm³/mol. The number of anilines is 4. The number of ether oxygens (including phenoxy) is 1. The molecular weight excluding hydrogens is 402 g/mol. The number of carboxylic acid groups (broad SMARTS) is 1. The highest BCUT2D eigenvalue weighted by Gasteiger charge is 2.19. The molecule has 4 rings (SSSR count). The van der Waals surface area contributed by atoms with Crippen LogP contribution >= 0.6 is 0 Å². The SMILES string of the molecule is COc1c(Nc2nc(Nc3ccccn3)ncc2C(=O)O)cccc1-c1nnc(C)o1. The van der Waals surface area contributed by atoms with E-state index >= 15 is 0 Å². The lowest BCUT2D eigenvalue weighted by Crippen LogP contribution is -2.09. The first kappa shape index (κ1) is 19.8. The van der Waals surface area contributed by atoms with E-state index in [2.05, 4.69) is 35.8 Å². The number of hydrogen-bond donors (Lipinski definition) is 3. The van der Waals surface area contributed by atoms with Crippen LogP contribution < -0.4 is 15.4 Å². The third-order valence-electron chi connectivity index (χ3n) is 4.15. The molecule has 11 nitrogen and oxygen atoms in total. The maximum absolute atomic E-state index is 11.7. The van der Waals surface area contributed by atoms with E-state index in [9.17, 15) is 9.90 Å². The van der Waals surface area contributed by atoms with E-state index < -0.39 is 5.97 Å². The first-order valence-corrected chi connectivity index (χ1v) is 9.08. The second-order valence-electron chi connectivity index (χ2n) is 6.24. The molecule has 0 atom stereocenters. The van der Waals surface area contributed by atoms with E-state index in [1.807, 2.05) is 0 Å². The Balaban J connectivity index is 1.72. The Morgan fingerprint density at radius 2 is 1.97 bits per heavy atom. The number of aromatic carboxylic acids is 1. The molecule has 4 aromatic rings. The number of nitrogens with zero attached hydrogens (tertiary/aromatic N) is 5. The molecule has 11 heteroatoms. The van der Waals surface area contributed by atoms with Crippen LogP contribution in [0.1, 0.15) is 16.2 Å². The number of aryl methyl sites for hydroxylation is 1. The zero-order chi connectivity index (χ0) is 21.8. The fourth-order valence-corrected chi connectivity index (χ4v) is 2.80. The van der Waals surface area contributed by atoms with Crippen LogP contribution in [0.3, 0.4) is 0 Å². The molecule has 156 valence electrons. The van der Waals surface area contributed by atoms with Crippen LogP contribution in [0.15, 0.2) is 53.2 Å². The zero-order valence-corrected chi connectivity index (χ0v) is 16.5. The minimum absolute atomic E-state index is 0.0677. The van der Waals surface area contributed by atoms with Crippen molar-refractivity contribution >= 4 is 29.2 Å². The van der Waals surface area contributed by atoms with Crippen LogP contribution in [0, 0.1) is 6.92 Å². The van der Waals surface area contributed by atoms with Gasteiger partial charge in [0.2, 0.25) is 11.8 Å². The normalized spacial score (nSPS) is 10.5. The Morgan fingerprint density at radius 3 is 2.65 bits per heavy atom. The monoisotopic (exact) mass is 419 g/mol. The summed E-state index contributed by atoms with van der Waals surface area (Å²) in [6, 6.07) is 10.5. The second-order valence-corrected chi connectivity index (χ2v) is 6.24. The third-order valence-corrected chi connectivity index (χ3v) is 4.15. The molecule has 3 N–H and O–H groups in total. The van der Waals surface area contributed by atoms with Crippen LogP contribution in [0.5, 0.6) is 5.75 Å². The van der Waals surface area contributed by atoms with Crippen molar-refractivity contribution in [3.8, 4) is 17.2 Å². The van der Waals surface area contributed by atoms with Crippen molar-refractivity contribution in [2.75, 3.05) is 17.7 Å². The van der Waals surface area contributed by atoms with E-state index in [0.29, 0.717) is 28.7 Å². The van der Waals surface area contributed by atoms with Crippen molar-refractivity contribution in [3.63, 3.8) is 0 Å². The van der Waals surface area contributed by atoms with Crippen LogP contribution in [-0.2, 0) is 0 Å². The molecule has 31 heavy (non-hydrogen) atoms. The molecule has 0 spiro atoms. The summed E-state index contributed by atoms with van der Waals surface area (Å²) < 4.78 is 11.0. The number of nitrogens with one attached hydrogen (secondary N) is 2. The summed E-state index contributed by atoms with van der Waals surface area (Å²) in [6.07, 6.45) is 2.82. The molecule has 0 aliphatic heterocycles. The Morgan fingerprint density at radius 1 is 1.10 bits per heavy atom. The van der Waals surface area contributed by atoms with Gasteiger partial charge < -0.3 is 24.9 Å². The molecule has 0 aliphatic rings. The van der Waals surface area contributed by atoms with Gasteiger partial charge in [0.15, 0.2) is 11.6 Å². The summed E-state index contributed by atoms with van der Waals surface area (Å²) in [7, 11) is 1.49. The average Bonchev–Trinajstić information content (AvgIpc) is 3.20. The van der Waals surface area contributed by atoms with Crippen LogP contribution in [0.2, 0.25) is 0 Å². The molecule has 0 fully saturated rings. The summed E-state index contributed by atoms with van der Waals surface area (Å²) >= 11 is 0. The highest BCUT2D eigenvalue weighted by Crippen LogP contribution is 2.37. The van der Waals surface area contributed by atoms with Gasteiger partial charge in [0.1, 0.15) is 11.4 Å². The van der Waals surface area contributed by atoms with Gasteiger partial charge in [0.05, 0.1) is 18.4 Å². The van der Waals surface area contributed by atoms with E-state index in [1.165, 1.54) is 13.3 Å². The largest absolute Gasteiger partial charge is 0.494 e. The highest BCUT2D eigenvalue weighted by atomic mass is 16.5. The summed E-state index contributed by atoms with van der Waals surface area (Å²) in [6.45, 7) is 1.68. The van der Waals surface area contributed by atoms with Crippen LogP contribution in [0.25, 0.3) is 11.5 Å². The zero-order valence-electron chi connectivity index (χ0n) is 16.5. The fraction of sp³-hybridized carbons (Fsp3) is 0.100. The number of rotatable bonds is 7. The summed E-state index contributed by atoms with van der Waals surface area (Å²) in [4.78, 5) is 24.2. The quantitative estimate of drug-likeness (QED) is 0.404. The first-order valence-electron chi connectivity index (χ1n) is 9.08. The van der Waals surface area contributed by atoms with Gasteiger partial charge in [-0.1, -0.05) is 12.1 Å². The van der Waals surface area contributed by atoms with Gasteiger partial charge in [-0.3, -0.25) is 0 Å². The van der Waals surface area contributed by atoms with Crippen molar-refractivity contribution in [1.29, 1.82) is 0 Å². The summed E-state index contributed by atoms with van der Waals surface area (Å²) in [5.74, 6) is 0.644. The topological polar surface area (TPSA) is 148 Å². The predicted octanol–water partition coefficient (Wildman–Crippen LogP) is 3.42. The van der Waals surface area contributed by atoms with Crippen molar-refractivity contribution < 1.29 is 19.1 Å². The lowest BCUT2D eigenvalue weighted by molar-refractivity contribution is 0.0697. The van der Waals surface area contributed by atoms with Gasteiger partial charge in [0.25, 0.3) is 5.89 Å². The number of pyridine rings is 1. The minimum atomic E-state index is -1.19. The molecule has 0 aliphatic carbocycles. The van der Waals surface area contributed by atoms with Gasteiger partial charge >= 0.3 is 5.97 Å². The van der Waals surface area contributed by atoms with Gasteiger partial charge in [-0.15, -0.1) is 10.2 Å². The van der Waals surface area contributed by atoms with Crippen molar-refractivity contribution in [2.24, 2.45) is 0 Å². The third kappa shape index (κ3) is 4.24. The molecule has 3 aromatic heterocycles. The van der Waals surface area contributed by atoms with Gasteiger partial charge in [-0.25, -0.2) is 14.8 Å². The summed E-state index contributed by atoms with van der Waals surface area (Å²) in [5.41, 5.74) is 0.888. The maximum Gasteiger partial charge on any atom is 0.341 e. The number of hydrogen-bond acceptors (Lipinski definition) is 10. The molecule has 0 radical (unpaired) electrons. The van der Waals surface area contributed by atoms with Gasteiger partial charge in [0, 0.05) is 19.3 Å². The van der Waals surface area contributed by atoms with Crippen molar-refractivity contribution in [3.05, 3.63) is 60.2 Å². The van der Waals surface area contributed by atoms with Gasteiger partial charge in [-0.2, -0.15) is 4.98 Å². The van der Waals surface area contributed by atoms with Gasteiger partial charge in [-0.05, 0) is 24.3 Å². The number of carbonyl (C=O) groups is 1. The molecule has 0 amide bonds.